The molecule has 0 aromatic rings. The van der Waals surface area contributed by atoms with Crippen LogP contribution in [-0.4, -0.2) is 25.5 Å². The maximum Gasteiger partial charge on any atom is 0.376 e. The van der Waals surface area contributed by atoms with Crippen LogP contribution in [-0.2, 0) is 19.0 Å². The van der Waals surface area contributed by atoms with Crippen molar-refractivity contribution >= 4 is 21.9 Å². The van der Waals surface area contributed by atoms with Crippen molar-refractivity contribution in [2.75, 3.05) is 7.11 Å². The fraction of sp³-hybridized carbons (Fsp3) is 0.312. The van der Waals surface area contributed by atoms with Crippen LogP contribution >= 0.6 is 15.9 Å². The standard InChI is InChI=1S/C16H15BrO4/c1-19-15(18)16-20-9-10-5-2-3-6-11(10)14-12(17)7-4-8-13(14)21-16/h2,4-5,7-9,13,16H,3,6H2,1H3/b10-9?,14-11-. The predicted octanol–water partition coefficient (Wildman–Crippen LogP) is 3.28. The number of carbonyl (C=O) groups excluding carboxylic acids is 1. The van der Waals surface area contributed by atoms with Gasteiger partial charge in [-0.25, -0.2) is 4.79 Å². The summed E-state index contributed by atoms with van der Waals surface area (Å²) in [6, 6.07) is 0. The van der Waals surface area contributed by atoms with Gasteiger partial charge in [0.2, 0.25) is 0 Å². The number of halogens is 1. The zero-order valence-electron chi connectivity index (χ0n) is 11.5. The van der Waals surface area contributed by atoms with Crippen LogP contribution in [0.1, 0.15) is 12.8 Å². The second-order valence-electron chi connectivity index (χ2n) is 4.85. The molecule has 3 aliphatic rings. The Morgan fingerprint density at radius 3 is 3.14 bits per heavy atom. The van der Waals surface area contributed by atoms with Gasteiger partial charge in [-0.15, -0.1) is 0 Å². The molecule has 0 saturated heterocycles. The number of hydrogen-bond donors (Lipinski definition) is 0. The molecule has 0 bridgehead atoms. The summed E-state index contributed by atoms with van der Waals surface area (Å²) in [5.74, 6) is -0.548. The lowest BCUT2D eigenvalue weighted by Crippen LogP contribution is -2.34. The summed E-state index contributed by atoms with van der Waals surface area (Å²) in [4.78, 5) is 11.8. The van der Waals surface area contributed by atoms with Crippen molar-refractivity contribution in [3.63, 3.8) is 0 Å². The lowest BCUT2D eigenvalue weighted by atomic mass is 9.87. The van der Waals surface area contributed by atoms with Gasteiger partial charge >= 0.3 is 5.97 Å². The highest BCUT2D eigenvalue weighted by molar-refractivity contribution is 9.12. The third-order valence-electron chi connectivity index (χ3n) is 3.58. The first-order valence-corrected chi connectivity index (χ1v) is 7.53. The average Bonchev–Trinajstić information content (AvgIpc) is 2.49. The van der Waals surface area contributed by atoms with Gasteiger partial charge in [0, 0.05) is 15.6 Å². The quantitative estimate of drug-likeness (QED) is 0.680. The molecule has 0 aromatic carbocycles. The second-order valence-corrected chi connectivity index (χ2v) is 5.71. The Morgan fingerprint density at radius 2 is 2.33 bits per heavy atom. The Morgan fingerprint density at radius 1 is 1.48 bits per heavy atom. The highest BCUT2D eigenvalue weighted by Gasteiger charge is 2.32. The minimum atomic E-state index is -1.07. The summed E-state index contributed by atoms with van der Waals surface area (Å²) in [6.07, 6.45) is 12.0. The Hall–Kier alpha value is -1.59. The van der Waals surface area contributed by atoms with E-state index in [1.807, 2.05) is 24.3 Å². The summed E-state index contributed by atoms with van der Waals surface area (Å²) >= 11 is 3.59. The molecular weight excluding hydrogens is 336 g/mol. The van der Waals surface area contributed by atoms with Crippen molar-refractivity contribution < 1.29 is 19.0 Å². The molecule has 1 aliphatic heterocycles. The van der Waals surface area contributed by atoms with Gasteiger partial charge in [-0.1, -0.05) is 40.2 Å². The summed E-state index contributed by atoms with van der Waals surface area (Å²) < 4.78 is 17.0. The molecule has 0 radical (unpaired) electrons. The molecule has 0 saturated carbocycles. The van der Waals surface area contributed by atoms with Crippen molar-refractivity contribution in [2.45, 2.75) is 25.2 Å². The molecule has 3 rings (SSSR count). The minimum absolute atomic E-state index is 0.335. The van der Waals surface area contributed by atoms with Crippen LogP contribution in [0.3, 0.4) is 0 Å². The Balaban J connectivity index is 2.07. The summed E-state index contributed by atoms with van der Waals surface area (Å²) in [7, 11) is 1.32. The summed E-state index contributed by atoms with van der Waals surface area (Å²) in [5, 5.41) is 0. The van der Waals surface area contributed by atoms with Crippen LogP contribution in [0, 0.1) is 0 Å². The number of ether oxygens (including phenoxy) is 3. The van der Waals surface area contributed by atoms with E-state index in [-0.39, 0.29) is 6.10 Å². The molecule has 4 nitrogen and oxygen atoms in total. The van der Waals surface area contributed by atoms with Crippen LogP contribution in [0.2, 0.25) is 0 Å². The molecule has 0 aromatic heterocycles. The largest absolute Gasteiger partial charge is 0.464 e. The third-order valence-corrected chi connectivity index (χ3v) is 4.28. The number of carbonyl (C=O) groups is 1. The first-order valence-electron chi connectivity index (χ1n) is 6.74. The summed E-state index contributed by atoms with van der Waals surface area (Å²) in [6.45, 7) is 0. The van der Waals surface area contributed by atoms with Crippen LogP contribution < -0.4 is 0 Å². The Bertz CT molecular complexity index is 610. The zero-order valence-corrected chi connectivity index (χ0v) is 13.1. The number of hydrogen-bond acceptors (Lipinski definition) is 4. The number of rotatable bonds is 1. The van der Waals surface area contributed by atoms with Crippen LogP contribution in [0.4, 0.5) is 0 Å². The van der Waals surface area contributed by atoms with Gasteiger partial charge in [-0.3, -0.25) is 0 Å². The fourth-order valence-electron chi connectivity index (χ4n) is 2.58. The topological polar surface area (TPSA) is 44.8 Å². The van der Waals surface area contributed by atoms with Crippen molar-refractivity contribution in [3.05, 3.63) is 57.8 Å². The van der Waals surface area contributed by atoms with Crippen LogP contribution in [0.5, 0.6) is 0 Å². The second kappa shape index (κ2) is 6.03. The van der Waals surface area contributed by atoms with Gasteiger partial charge in [0.1, 0.15) is 6.10 Å². The molecule has 2 atom stereocenters. The molecular formula is C16H15BrO4. The van der Waals surface area contributed by atoms with Gasteiger partial charge in [0.25, 0.3) is 6.29 Å². The molecule has 5 heteroatoms. The Kier molecular flexibility index (Phi) is 4.12. The molecule has 0 spiro atoms. The molecule has 110 valence electrons. The van der Waals surface area contributed by atoms with Gasteiger partial charge < -0.3 is 14.2 Å². The van der Waals surface area contributed by atoms with Crippen molar-refractivity contribution in [1.82, 2.24) is 0 Å². The SMILES string of the molecule is COC(=O)C1OC=C2C=CCC/C2=C2\C(Br)=CC=CC2O1. The minimum Gasteiger partial charge on any atom is -0.464 e. The number of esters is 1. The molecule has 0 amide bonds. The Labute approximate surface area is 131 Å². The summed E-state index contributed by atoms with van der Waals surface area (Å²) in [5.41, 5.74) is 3.20. The van der Waals surface area contributed by atoms with E-state index < -0.39 is 12.3 Å². The third kappa shape index (κ3) is 2.76. The lowest BCUT2D eigenvalue weighted by molar-refractivity contribution is -0.185. The normalized spacial score (nSPS) is 31.0. The van der Waals surface area contributed by atoms with Crippen molar-refractivity contribution in [1.29, 1.82) is 0 Å². The van der Waals surface area contributed by atoms with E-state index in [0.717, 1.165) is 28.5 Å². The van der Waals surface area contributed by atoms with E-state index >= 15 is 0 Å². The van der Waals surface area contributed by atoms with E-state index in [1.54, 1.807) is 6.26 Å². The molecule has 2 aliphatic carbocycles. The van der Waals surface area contributed by atoms with Gasteiger partial charge in [0.15, 0.2) is 0 Å². The smallest absolute Gasteiger partial charge is 0.376 e. The molecule has 21 heavy (non-hydrogen) atoms. The van der Waals surface area contributed by atoms with Crippen LogP contribution in [0.25, 0.3) is 0 Å². The first-order chi connectivity index (χ1) is 10.2. The average molecular weight is 351 g/mol. The van der Waals surface area contributed by atoms with E-state index in [9.17, 15) is 4.79 Å². The van der Waals surface area contributed by atoms with E-state index in [0.29, 0.717) is 0 Å². The van der Waals surface area contributed by atoms with Gasteiger partial charge in [0.05, 0.1) is 13.4 Å². The van der Waals surface area contributed by atoms with E-state index in [1.165, 1.54) is 12.7 Å². The monoisotopic (exact) mass is 350 g/mol. The first kappa shape index (κ1) is 14.4. The zero-order chi connectivity index (χ0) is 14.8. The maximum absolute atomic E-state index is 11.8. The maximum atomic E-state index is 11.8. The lowest BCUT2D eigenvalue weighted by Gasteiger charge is -2.30. The number of methoxy groups -OCH3 is 1. The van der Waals surface area contributed by atoms with Crippen LogP contribution in [0.15, 0.2) is 57.8 Å². The number of fused-ring (bicyclic) bond motifs is 2. The predicted molar refractivity (Wildman–Crippen MR) is 81.4 cm³/mol. The van der Waals surface area contributed by atoms with E-state index in [4.69, 9.17) is 14.2 Å². The number of allylic oxidation sites excluding steroid dienone is 6. The van der Waals surface area contributed by atoms with Crippen molar-refractivity contribution in [2.24, 2.45) is 0 Å². The van der Waals surface area contributed by atoms with Gasteiger partial charge in [-0.05, 0) is 24.5 Å². The molecule has 0 N–H and O–H groups in total. The highest BCUT2D eigenvalue weighted by Crippen LogP contribution is 2.38. The fourth-order valence-corrected chi connectivity index (χ4v) is 3.20. The van der Waals surface area contributed by atoms with Gasteiger partial charge in [-0.2, -0.15) is 0 Å². The van der Waals surface area contributed by atoms with E-state index in [2.05, 4.69) is 22.0 Å². The molecule has 0 fully saturated rings. The highest BCUT2D eigenvalue weighted by atomic mass is 79.9. The molecule has 2 unspecified atom stereocenters. The van der Waals surface area contributed by atoms with Crippen molar-refractivity contribution in [3.8, 4) is 0 Å². The molecule has 1 heterocycles.